The number of amides is 5. The van der Waals surface area contributed by atoms with Crippen molar-refractivity contribution in [2.24, 2.45) is 0 Å². The topological polar surface area (TPSA) is 103 Å². The molecule has 2 aliphatic rings. The van der Waals surface area contributed by atoms with E-state index in [1.807, 2.05) is 29.2 Å². The number of benzene rings is 1. The standard InChI is InChI=1S/C23H35N5O3/c29-21(12-7-13-24-22(30)26-19-9-2-1-3-10-19)25-17-18-8-6-11-20(16-18)27-23(31)28-14-4-5-15-28/h6,8,11,16,19H,1-5,7,9-10,12-15,17H2,(H,25,29)(H,27,31)(H2,24,26,30). The lowest BCUT2D eigenvalue weighted by Gasteiger charge is -2.22. The van der Waals surface area contributed by atoms with Gasteiger partial charge >= 0.3 is 12.1 Å². The lowest BCUT2D eigenvalue weighted by atomic mass is 9.96. The Morgan fingerprint density at radius 3 is 2.52 bits per heavy atom. The summed E-state index contributed by atoms with van der Waals surface area (Å²) < 4.78 is 0. The van der Waals surface area contributed by atoms with Crippen LogP contribution in [0.15, 0.2) is 24.3 Å². The number of rotatable bonds is 8. The Morgan fingerprint density at radius 2 is 1.74 bits per heavy atom. The fourth-order valence-electron chi connectivity index (χ4n) is 4.11. The molecule has 4 N–H and O–H groups in total. The van der Waals surface area contributed by atoms with Gasteiger partial charge in [-0.05, 0) is 49.8 Å². The van der Waals surface area contributed by atoms with Gasteiger partial charge in [0.25, 0.3) is 0 Å². The Bertz CT molecular complexity index is 742. The molecule has 170 valence electrons. The fourth-order valence-corrected chi connectivity index (χ4v) is 4.11. The van der Waals surface area contributed by atoms with Gasteiger partial charge in [0.2, 0.25) is 5.91 Å². The van der Waals surface area contributed by atoms with Gasteiger partial charge in [0.05, 0.1) is 0 Å². The lowest BCUT2D eigenvalue weighted by Crippen LogP contribution is -2.43. The summed E-state index contributed by atoms with van der Waals surface area (Å²) in [5.41, 5.74) is 1.66. The highest BCUT2D eigenvalue weighted by atomic mass is 16.2. The van der Waals surface area contributed by atoms with E-state index in [0.29, 0.717) is 25.9 Å². The molecule has 0 radical (unpaired) electrons. The number of urea groups is 2. The van der Waals surface area contributed by atoms with Gasteiger partial charge in [-0.15, -0.1) is 0 Å². The van der Waals surface area contributed by atoms with Crippen LogP contribution < -0.4 is 21.3 Å². The number of hydrogen-bond acceptors (Lipinski definition) is 3. The van der Waals surface area contributed by atoms with E-state index < -0.39 is 0 Å². The highest BCUT2D eigenvalue weighted by Crippen LogP contribution is 2.17. The molecule has 1 saturated carbocycles. The molecular formula is C23H35N5O3. The van der Waals surface area contributed by atoms with E-state index in [1.54, 1.807) is 0 Å². The molecule has 3 rings (SSSR count). The Morgan fingerprint density at radius 1 is 0.968 bits per heavy atom. The van der Waals surface area contributed by atoms with Crippen molar-refractivity contribution >= 4 is 23.7 Å². The molecule has 8 nitrogen and oxygen atoms in total. The van der Waals surface area contributed by atoms with Crippen LogP contribution in [0.3, 0.4) is 0 Å². The highest BCUT2D eigenvalue weighted by Gasteiger charge is 2.18. The Kier molecular flexibility index (Phi) is 8.99. The lowest BCUT2D eigenvalue weighted by molar-refractivity contribution is -0.121. The minimum Gasteiger partial charge on any atom is -0.352 e. The zero-order chi connectivity index (χ0) is 21.9. The van der Waals surface area contributed by atoms with Crippen LogP contribution in [0.5, 0.6) is 0 Å². The zero-order valence-electron chi connectivity index (χ0n) is 18.3. The first kappa shape index (κ1) is 22.9. The highest BCUT2D eigenvalue weighted by molar-refractivity contribution is 5.89. The number of anilines is 1. The molecule has 8 heteroatoms. The van der Waals surface area contributed by atoms with Gasteiger partial charge in [-0.2, -0.15) is 0 Å². The second-order valence-electron chi connectivity index (χ2n) is 8.44. The Labute approximate surface area is 184 Å². The maximum Gasteiger partial charge on any atom is 0.321 e. The fraction of sp³-hybridized carbons (Fsp3) is 0.609. The molecule has 0 unspecified atom stereocenters. The second-order valence-corrected chi connectivity index (χ2v) is 8.44. The van der Waals surface area contributed by atoms with E-state index in [1.165, 1.54) is 19.3 Å². The first-order valence-electron chi connectivity index (χ1n) is 11.6. The predicted octanol–water partition coefficient (Wildman–Crippen LogP) is 3.34. The number of nitrogens with one attached hydrogen (secondary N) is 4. The van der Waals surface area contributed by atoms with Gasteiger partial charge in [0.15, 0.2) is 0 Å². The summed E-state index contributed by atoms with van der Waals surface area (Å²) in [5, 5.41) is 11.7. The summed E-state index contributed by atoms with van der Waals surface area (Å²) >= 11 is 0. The minimum absolute atomic E-state index is 0.0546. The summed E-state index contributed by atoms with van der Waals surface area (Å²) in [5.74, 6) is -0.0546. The van der Waals surface area contributed by atoms with Gasteiger partial charge in [0, 0.05) is 44.3 Å². The third kappa shape index (κ3) is 8.11. The molecular weight excluding hydrogens is 394 g/mol. The van der Waals surface area contributed by atoms with Crippen molar-refractivity contribution in [1.29, 1.82) is 0 Å². The van der Waals surface area contributed by atoms with Crippen LogP contribution in [-0.2, 0) is 11.3 Å². The molecule has 0 atom stereocenters. The van der Waals surface area contributed by atoms with Gasteiger partial charge in [-0.25, -0.2) is 9.59 Å². The smallest absolute Gasteiger partial charge is 0.321 e. The van der Waals surface area contributed by atoms with Crippen molar-refractivity contribution in [1.82, 2.24) is 20.9 Å². The Hall–Kier alpha value is -2.77. The van der Waals surface area contributed by atoms with E-state index in [2.05, 4.69) is 21.3 Å². The Balaban J connectivity index is 1.29. The average molecular weight is 430 g/mol. The monoisotopic (exact) mass is 429 g/mol. The van der Waals surface area contributed by atoms with Crippen LogP contribution in [0.4, 0.5) is 15.3 Å². The number of likely N-dealkylation sites (tertiary alicyclic amines) is 1. The zero-order valence-corrected chi connectivity index (χ0v) is 18.3. The van der Waals surface area contributed by atoms with E-state index in [0.717, 1.165) is 50.0 Å². The average Bonchev–Trinajstić information content (AvgIpc) is 3.31. The molecule has 0 bridgehead atoms. The molecule has 0 aromatic heterocycles. The second kappa shape index (κ2) is 12.2. The summed E-state index contributed by atoms with van der Waals surface area (Å²) in [6, 6.07) is 7.60. The molecule has 0 spiro atoms. The van der Waals surface area contributed by atoms with E-state index in [-0.39, 0.29) is 24.0 Å². The molecule has 2 fully saturated rings. The van der Waals surface area contributed by atoms with Crippen LogP contribution in [0.1, 0.15) is 63.4 Å². The SMILES string of the molecule is O=C(CCCNC(=O)NC1CCCCC1)NCc1cccc(NC(=O)N2CCCC2)c1. The van der Waals surface area contributed by atoms with Crippen molar-refractivity contribution in [2.75, 3.05) is 25.0 Å². The van der Waals surface area contributed by atoms with Gasteiger partial charge in [0.1, 0.15) is 0 Å². The molecule has 1 aliphatic carbocycles. The van der Waals surface area contributed by atoms with Gasteiger partial charge in [-0.1, -0.05) is 31.4 Å². The maximum absolute atomic E-state index is 12.2. The van der Waals surface area contributed by atoms with Crippen molar-refractivity contribution in [2.45, 2.75) is 70.4 Å². The molecule has 31 heavy (non-hydrogen) atoms. The molecule has 1 aliphatic heterocycles. The first-order chi connectivity index (χ1) is 15.1. The molecule has 1 aromatic carbocycles. The van der Waals surface area contributed by atoms with Gasteiger partial charge in [-0.3, -0.25) is 4.79 Å². The van der Waals surface area contributed by atoms with Crippen LogP contribution in [0.25, 0.3) is 0 Å². The first-order valence-corrected chi connectivity index (χ1v) is 11.6. The quantitative estimate of drug-likeness (QED) is 0.477. The van der Waals surface area contributed by atoms with Crippen molar-refractivity contribution in [3.05, 3.63) is 29.8 Å². The van der Waals surface area contributed by atoms with Crippen LogP contribution in [-0.4, -0.2) is 48.5 Å². The normalized spacial score (nSPS) is 16.6. The molecule has 1 heterocycles. The van der Waals surface area contributed by atoms with E-state index >= 15 is 0 Å². The predicted molar refractivity (Wildman–Crippen MR) is 121 cm³/mol. The van der Waals surface area contributed by atoms with Crippen LogP contribution >= 0.6 is 0 Å². The van der Waals surface area contributed by atoms with E-state index in [4.69, 9.17) is 0 Å². The van der Waals surface area contributed by atoms with Crippen LogP contribution in [0.2, 0.25) is 0 Å². The minimum atomic E-state index is -0.139. The summed E-state index contributed by atoms with van der Waals surface area (Å²) in [7, 11) is 0. The molecule has 5 amide bonds. The van der Waals surface area contributed by atoms with Crippen molar-refractivity contribution < 1.29 is 14.4 Å². The number of nitrogens with zero attached hydrogens (tertiary/aromatic N) is 1. The summed E-state index contributed by atoms with van der Waals surface area (Å²) in [6.07, 6.45) is 8.79. The van der Waals surface area contributed by atoms with Crippen molar-refractivity contribution in [3.8, 4) is 0 Å². The maximum atomic E-state index is 12.2. The third-order valence-corrected chi connectivity index (χ3v) is 5.87. The van der Waals surface area contributed by atoms with Gasteiger partial charge < -0.3 is 26.2 Å². The van der Waals surface area contributed by atoms with Crippen molar-refractivity contribution in [3.63, 3.8) is 0 Å². The molecule has 1 saturated heterocycles. The van der Waals surface area contributed by atoms with Crippen LogP contribution in [0, 0.1) is 0 Å². The molecule has 1 aromatic rings. The third-order valence-electron chi connectivity index (χ3n) is 5.87. The number of carbonyl (C=O) groups excluding carboxylic acids is 3. The summed E-state index contributed by atoms with van der Waals surface area (Å²) in [4.78, 5) is 38.0. The largest absolute Gasteiger partial charge is 0.352 e. The van der Waals surface area contributed by atoms with E-state index in [9.17, 15) is 14.4 Å². The number of hydrogen-bond donors (Lipinski definition) is 4. The summed E-state index contributed by atoms with van der Waals surface area (Å²) in [6.45, 7) is 2.49. The number of carbonyl (C=O) groups is 3.